The van der Waals surface area contributed by atoms with Gasteiger partial charge in [-0.05, 0) is 19.3 Å². The summed E-state index contributed by atoms with van der Waals surface area (Å²) in [5.74, 6) is 0. The third kappa shape index (κ3) is 2.55. The van der Waals surface area contributed by atoms with E-state index in [4.69, 9.17) is 0 Å². The summed E-state index contributed by atoms with van der Waals surface area (Å²) in [6, 6.07) is 0. The molecule has 1 atom stereocenters. The zero-order chi connectivity index (χ0) is 15.1. The van der Waals surface area contributed by atoms with Crippen LogP contribution in [-0.4, -0.2) is 49.4 Å². The lowest BCUT2D eigenvalue weighted by molar-refractivity contribution is -0.385. The Morgan fingerprint density at radius 3 is 2.55 bits per heavy atom. The van der Waals surface area contributed by atoms with Crippen LogP contribution in [0.1, 0.15) is 27.7 Å². The van der Waals surface area contributed by atoms with E-state index in [-0.39, 0.29) is 23.2 Å². The molecule has 7 heteroatoms. The lowest BCUT2D eigenvalue weighted by Gasteiger charge is -2.62. The maximum Gasteiger partial charge on any atom is 0.306 e. The zero-order valence-corrected chi connectivity index (χ0v) is 12.4. The molecule has 1 aromatic heterocycles. The van der Waals surface area contributed by atoms with E-state index in [2.05, 4.69) is 37.7 Å². The fraction of sp³-hybridized carbons (Fsp3) is 0.769. The molecular formula is C13H22N4O3. The van der Waals surface area contributed by atoms with Crippen LogP contribution < -0.4 is 0 Å². The number of hydrogen-bond acceptors (Lipinski definition) is 5. The van der Waals surface area contributed by atoms with Gasteiger partial charge in [0.05, 0.1) is 17.6 Å². The average molecular weight is 282 g/mol. The molecule has 1 aliphatic rings. The third-order valence-electron chi connectivity index (χ3n) is 4.69. The topological polar surface area (TPSA) is 84.4 Å². The van der Waals surface area contributed by atoms with Gasteiger partial charge in [-0.2, -0.15) is 5.10 Å². The van der Waals surface area contributed by atoms with E-state index in [9.17, 15) is 15.2 Å². The first-order valence-corrected chi connectivity index (χ1v) is 6.73. The van der Waals surface area contributed by atoms with Crippen molar-refractivity contribution in [3.05, 3.63) is 22.5 Å². The largest absolute Gasteiger partial charge is 0.390 e. The quantitative estimate of drug-likeness (QED) is 0.649. The Balaban J connectivity index is 1.90. The SMILES string of the molecule is CC1(C)CN(CC(O)Cn2cc([N+](=O)[O-])cn2)C1(C)C. The van der Waals surface area contributed by atoms with Gasteiger partial charge in [-0.1, -0.05) is 13.8 Å². The normalized spacial score (nSPS) is 22.2. The molecule has 1 aliphatic heterocycles. The third-order valence-corrected chi connectivity index (χ3v) is 4.69. The van der Waals surface area contributed by atoms with Crippen molar-refractivity contribution in [1.29, 1.82) is 0 Å². The summed E-state index contributed by atoms with van der Waals surface area (Å²) in [4.78, 5) is 12.3. The van der Waals surface area contributed by atoms with Crippen molar-refractivity contribution >= 4 is 5.69 Å². The summed E-state index contributed by atoms with van der Waals surface area (Å²) in [7, 11) is 0. The van der Waals surface area contributed by atoms with Gasteiger partial charge in [0.25, 0.3) is 0 Å². The summed E-state index contributed by atoms with van der Waals surface area (Å²) >= 11 is 0. The summed E-state index contributed by atoms with van der Waals surface area (Å²) in [6.45, 7) is 10.5. The zero-order valence-electron chi connectivity index (χ0n) is 12.4. The molecule has 2 rings (SSSR count). The molecule has 0 saturated carbocycles. The average Bonchev–Trinajstić information content (AvgIpc) is 2.76. The van der Waals surface area contributed by atoms with E-state index < -0.39 is 11.0 Å². The Morgan fingerprint density at radius 2 is 2.10 bits per heavy atom. The van der Waals surface area contributed by atoms with Crippen LogP contribution in [0.25, 0.3) is 0 Å². The molecule has 0 bridgehead atoms. The predicted molar refractivity (Wildman–Crippen MR) is 74.3 cm³/mol. The van der Waals surface area contributed by atoms with Crippen molar-refractivity contribution in [2.24, 2.45) is 5.41 Å². The fourth-order valence-corrected chi connectivity index (χ4v) is 2.57. The van der Waals surface area contributed by atoms with Gasteiger partial charge in [0, 0.05) is 18.6 Å². The number of β-amino-alcohol motifs (C(OH)–C–C–N with tert-alkyl or cyclic N) is 1. The first-order valence-electron chi connectivity index (χ1n) is 6.73. The van der Waals surface area contributed by atoms with Gasteiger partial charge in [-0.15, -0.1) is 0 Å². The van der Waals surface area contributed by atoms with Crippen molar-refractivity contribution < 1.29 is 10.0 Å². The molecule has 0 amide bonds. The van der Waals surface area contributed by atoms with E-state index >= 15 is 0 Å². The monoisotopic (exact) mass is 282 g/mol. The summed E-state index contributed by atoms with van der Waals surface area (Å²) in [6.07, 6.45) is 1.95. The number of nitro groups is 1. The minimum Gasteiger partial charge on any atom is -0.390 e. The molecule has 1 N–H and O–H groups in total. The van der Waals surface area contributed by atoms with Gasteiger partial charge < -0.3 is 5.11 Å². The van der Waals surface area contributed by atoms with Gasteiger partial charge in [-0.3, -0.25) is 19.7 Å². The Morgan fingerprint density at radius 1 is 1.45 bits per heavy atom. The van der Waals surface area contributed by atoms with Crippen LogP contribution in [0.2, 0.25) is 0 Å². The van der Waals surface area contributed by atoms with Crippen LogP contribution in [0.5, 0.6) is 0 Å². The molecule has 20 heavy (non-hydrogen) atoms. The Labute approximate surface area is 118 Å². The van der Waals surface area contributed by atoms with Crippen LogP contribution in [-0.2, 0) is 6.54 Å². The molecule has 1 aromatic rings. The van der Waals surface area contributed by atoms with Crippen LogP contribution in [0, 0.1) is 15.5 Å². The first-order chi connectivity index (χ1) is 9.13. The van der Waals surface area contributed by atoms with Gasteiger partial charge in [-0.25, -0.2) is 0 Å². The van der Waals surface area contributed by atoms with Gasteiger partial charge in [0.1, 0.15) is 12.4 Å². The van der Waals surface area contributed by atoms with E-state index in [1.165, 1.54) is 17.1 Å². The lowest BCUT2D eigenvalue weighted by Crippen LogP contribution is -2.70. The summed E-state index contributed by atoms with van der Waals surface area (Å²) in [5.41, 5.74) is 0.226. The predicted octanol–water partition coefficient (Wildman–Crippen LogP) is 1.27. The van der Waals surface area contributed by atoms with Crippen molar-refractivity contribution in [2.75, 3.05) is 13.1 Å². The molecule has 0 aliphatic carbocycles. The first kappa shape index (κ1) is 14.9. The van der Waals surface area contributed by atoms with Crippen LogP contribution in [0.4, 0.5) is 5.69 Å². The second-order valence-electron chi connectivity index (χ2n) is 6.65. The fourth-order valence-electron chi connectivity index (χ4n) is 2.57. The number of aliphatic hydroxyl groups excluding tert-OH is 1. The molecule has 0 spiro atoms. The van der Waals surface area contributed by atoms with E-state index in [1.807, 2.05) is 0 Å². The number of aromatic nitrogens is 2. The molecule has 1 unspecified atom stereocenters. The van der Waals surface area contributed by atoms with E-state index in [0.29, 0.717) is 6.54 Å². The second-order valence-corrected chi connectivity index (χ2v) is 6.65. The minimum absolute atomic E-state index is 0.0457. The molecule has 0 radical (unpaired) electrons. The second kappa shape index (κ2) is 4.82. The van der Waals surface area contributed by atoms with Gasteiger partial charge in [0.15, 0.2) is 0 Å². The number of nitrogens with zero attached hydrogens (tertiary/aromatic N) is 4. The Kier molecular flexibility index (Phi) is 3.60. The maximum atomic E-state index is 10.6. The highest BCUT2D eigenvalue weighted by molar-refractivity contribution is 5.20. The highest BCUT2D eigenvalue weighted by Crippen LogP contribution is 2.46. The molecule has 2 heterocycles. The Hall–Kier alpha value is -1.47. The summed E-state index contributed by atoms with van der Waals surface area (Å²) in [5, 5.41) is 24.6. The minimum atomic E-state index is -0.593. The highest BCUT2D eigenvalue weighted by atomic mass is 16.6. The van der Waals surface area contributed by atoms with Crippen LogP contribution in [0.15, 0.2) is 12.4 Å². The number of rotatable bonds is 5. The number of hydrogen-bond donors (Lipinski definition) is 1. The van der Waals surface area contributed by atoms with Crippen molar-refractivity contribution in [1.82, 2.24) is 14.7 Å². The molecule has 1 saturated heterocycles. The van der Waals surface area contributed by atoms with Crippen LogP contribution in [0.3, 0.4) is 0 Å². The Bertz CT molecular complexity index is 509. The molecule has 112 valence electrons. The van der Waals surface area contributed by atoms with Gasteiger partial charge in [0.2, 0.25) is 0 Å². The van der Waals surface area contributed by atoms with Crippen molar-refractivity contribution in [3.63, 3.8) is 0 Å². The van der Waals surface area contributed by atoms with E-state index in [1.54, 1.807) is 0 Å². The maximum absolute atomic E-state index is 10.6. The van der Waals surface area contributed by atoms with Gasteiger partial charge >= 0.3 is 5.69 Å². The van der Waals surface area contributed by atoms with E-state index in [0.717, 1.165) is 6.54 Å². The van der Waals surface area contributed by atoms with Crippen molar-refractivity contribution in [2.45, 2.75) is 45.9 Å². The standard InChI is InChI=1S/C13H22N4O3/c1-12(2)9-15(13(12,3)4)7-11(18)8-16-6-10(5-14-16)17(19)20/h5-6,11,18H,7-9H2,1-4H3. The smallest absolute Gasteiger partial charge is 0.306 e. The number of likely N-dealkylation sites (tertiary alicyclic amines) is 1. The lowest BCUT2D eigenvalue weighted by atomic mass is 9.65. The summed E-state index contributed by atoms with van der Waals surface area (Å²) < 4.78 is 1.42. The van der Waals surface area contributed by atoms with Crippen LogP contribution >= 0.6 is 0 Å². The highest BCUT2D eigenvalue weighted by Gasteiger charge is 2.52. The van der Waals surface area contributed by atoms with Crippen molar-refractivity contribution in [3.8, 4) is 0 Å². The molecule has 0 aromatic carbocycles. The molecule has 1 fully saturated rings. The molecule has 7 nitrogen and oxygen atoms in total. The number of aliphatic hydroxyl groups is 1. The molecular weight excluding hydrogens is 260 g/mol.